The van der Waals surface area contributed by atoms with Crippen molar-refractivity contribution in [2.75, 3.05) is 6.61 Å². The molecule has 1 fully saturated rings. The molecular weight excluding hydrogens is 359 g/mol. The summed E-state index contributed by atoms with van der Waals surface area (Å²) in [4.78, 5) is 27.1. The zero-order chi connectivity index (χ0) is 18.5. The lowest BCUT2D eigenvalue weighted by Crippen LogP contribution is -2.19. The number of thioether (sulfide) groups is 1. The Hall–Kier alpha value is -3.13. The molecule has 132 valence electrons. The summed E-state index contributed by atoms with van der Waals surface area (Å²) < 4.78 is 18.8. The van der Waals surface area contributed by atoms with Gasteiger partial charge in [-0.1, -0.05) is 24.3 Å². The number of aliphatic carboxylic acids is 1. The molecule has 0 aromatic heterocycles. The Balaban J connectivity index is 1.78. The highest BCUT2D eigenvalue weighted by Gasteiger charge is 2.24. The molecule has 3 rings (SSSR count). The SMILES string of the molecule is O=C(O)COc1cccc(/C=C2/SC(=Nc3ccccc3F)NC2=O)c1. The van der Waals surface area contributed by atoms with E-state index in [4.69, 9.17) is 9.84 Å². The quantitative estimate of drug-likeness (QED) is 0.787. The van der Waals surface area contributed by atoms with E-state index in [-0.39, 0.29) is 16.8 Å². The van der Waals surface area contributed by atoms with Crippen LogP contribution in [0, 0.1) is 5.82 Å². The van der Waals surface area contributed by atoms with Gasteiger partial charge in [0.05, 0.1) is 4.91 Å². The minimum atomic E-state index is -1.08. The predicted octanol–water partition coefficient (Wildman–Crippen LogP) is 3.18. The van der Waals surface area contributed by atoms with Crippen LogP contribution >= 0.6 is 11.8 Å². The van der Waals surface area contributed by atoms with Crippen LogP contribution in [-0.2, 0) is 9.59 Å². The Labute approximate surface area is 152 Å². The number of carbonyl (C=O) groups is 2. The topological polar surface area (TPSA) is 88.0 Å². The molecule has 1 heterocycles. The van der Waals surface area contributed by atoms with Crippen LogP contribution in [0.25, 0.3) is 6.08 Å². The molecule has 1 amide bonds. The zero-order valence-electron chi connectivity index (χ0n) is 13.3. The van der Waals surface area contributed by atoms with Gasteiger partial charge in [-0.3, -0.25) is 4.79 Å². The fourth-order valence-corrected chi connectivity index (χ4v) is 2.96. The lowest BCUT2D eigenvalue weighted by molar-refractivity contribution is -0.139. The summed E-state index contributed by atoms with van der Waals surface area (Å²) in [5.74, 6) is -1.52. The van der Waals surface area contributed by atoms with E-state index in [0.717, 1.165) is 11.8 Å². The Kier molecular flexibility index (Phi) is 5.33. The Morgan fingerprint density at radius 1 is 1.27 bits per heavy atom. The van der Waals surface area contributed by atoms with Crippen LogP contribution in [0.2, 0.25) is 0 Å². The molecule has 0 aliphatic carbocycles. The highest BCUT2D eigenvalue weighted by molar-refractivity contribution is 8.18. The molecule has 1 aliphatic heterocycles. The van der Waals surface area contributed by atoms with Gasteiger partial charge < -0.3 is 15.2 Å². The molecule has 0 bridgehead atoms. The van der Waals surface area contributed by atoms with Gasteiger partial charge in [-0.05, 0) is 47.7 Å². The first-order valence-corrected chi connectivity index (χ1v) is 8.32. The number of rotatable bonds is 5. The van der Waals surface area contributed by atoms with Crippen molar-refractivity contribution in [3.8, 4) is 5.75 Å². The molecular formula is C18H13FN2O4S. The third-order valence-corrected chi connectivity index (χ3v) is 4.15. The number of halogens is 1. The summed E-state index contributed by atoms with van der Waals surface area (Å²) in [6.07, 6.45) is 1.62. The van der Waals surface area contributed by atoms with Gasteiger partial charge in [-0.25, -0.2) is 14.2 Å². The van der Waals surface area contributed by atoms with Crippen LogP contribution in [0.3, 0.4) is 0 Å². The van der Waals surface area contributed by atoms with Gasteiger partial charge in [0, 0.05) is 0 Å². The van der Waals surface area contributed by atoms with Crippen LogP contribution in [0.1, 0.15) is 5.56 Å². The van der Waals surface area contributed by atoms with E-state index in [2.05, 4.69) is 10.3 Å². The number of aliphatic imine (C=N–C) groups is 1. The molecule has 26 heavy (non-hydrogen) atoms. The van der Waals surface area contributed by atoms with Crippen LogP contribution < -0.4 is 10.1 Å². The highest BCUT2D eigenvalue weighted by Crippen LogP contribution is 2.29. The fraction of sp³-hybridized carbons (Fsp3) is 0.0556. The molecule has 0 saturated carbocycles. The van der Waals surface area contributed by atoms with Crippen molar-refractivity contribution in [2.45, 2.75) is 0 Å². The molecule has 2 aromatic rings. The minimum absolute atomic E-state index is 0.139. The largest absolute Gasteiger partial charge is 0.482 e. The highest BCUT2D eigenvalue weighted by atomic mass is 32.2. The molecule has 1 aliphatic rings. The van der Waals surface area contributed by atoms with Crippen molar-refractivity contribution in [2.24, 2.45) is 4.99 Å². The maximum Gasteiger partial charge on any atom is 0.341 e. The first-order valence-electron chi connectivity index (χ1n) is 7.50. The number of carboxylic acids is 1. The van der Waals surface area contributed by atoms with E-state index >= 15 is 0 Å². The first kappa shape index (κ1) is 17.7. The number of nitrogens with zero attached hydrogens (tertiary/aromatic N) is 1. The van der Waals surface area contributed by atoms with Crippen molar-refractivity contribution in [3.05, 3.63) is 64.8 Å². The predicted molar refractivity (Wildman–Crippen MR) is 96.8 cm³/mol. The molecule has 0 spiro atoms. The van der Waals surface area contributed by atoms with Gasteiger partial charge in [0.2, 0.25) is 0 Å². The monoisotopic (exact) mass is 372 g/mol. The molecule has 1 saturated heterocycles. The number of para-hydroxylation sites is 1. The number of hydrogen-bond donors (Lipinski definition) is 2. The second kappa shape index (κ2) is 7.83. The van der Waals surface area contributed by atoms with Gasteiger partial charge in [-0.15, -0.1) is 0 Å². The van der Waals surface area contributed by atoms with Crippen LogP contribution in [0.4, 0.5) is 10.1 Å². The summed E-state index contributed by atoms with van der Waals surface area (Å²) in [5, 5.41) is 11.5. The maximum atomic E-state index is 13.7. The number of carbonyl (C=O) groups excluding carboxylic acids is 1. The molecule has 0 radical (unpaired) electrons. The zero-order valence-corrected chi connectivity index (χ0v) is 14.1. The third kappa shape index (κ3) is 4.48. The van der Waals surface area contributed by atoms with Crippen LogP contribution in [-0.4, -0.2) is 28.8 Å². The standard InChI is InChI=1S/C18H13FN2O4S/c19-13-6-1-2-7-14(13)20-18-21-17(24)15(26-18)9-11-4-3-5-12(8-11)25-10-16(22)23/h1-9H,10H2,(H,22,23)(H,20,21,24)/b15-9+. The summed E-state index contributed by atoms with van der Waals surface area (Å²) in [5.41, 5.74) is 0.804. The summed E-state index contributed by atoms with van der Waals surface area (Å²) in [6.45, 7) is -0.450. The Morgan fingerprint density at radius 2 is 2.08 bits per heavy atom. The number of nitrogens with one attached hydrogen (secondary N) is 1. The van der Waals surface area contributed by atoms with E-state index < -0.39 is 18.4 Å². The van der Waals surface area contributed by atoms with Crippen molar-refractivity contribution in [3.63, 3.8) is 0 Å². The average molecular weight is 372 g/mol. The van der Waals surface area contributed by atoms with E-state index in [1.807, 2.05) is 0 Å². The van der Waals surface area contributed by atoms with Gasteiger partial charge in [0.25, 0.3) is 5.91 Å². The Morgan fingerprint density at radius 3 is 2.85 bits per heavy atom. The average Bonchev–Trinajstić information content (AvgIpc) is 2.95. The van der Waals surface area contributed by atoms with Crippen LogP contribution in [0.15, 0.2) is 58.4 Å². The lowest BCUT2D eigenvalue weighted by Gasteiger charge is -2.03. The molecule has 2 aromatic carbocycles. The summed E-state index contributed by atoms with van der Waals surface area (Å²) in [6, 6.07) is 12.7. The number of amidine groups is 1. The van der Waals surface area contributed by atoms with Gasteiger partial charge in [0.1, 0.15) is 17.3 Å². The van der Waals surface area contributed by atoms with Crippen molar-refractivity contribution >= 4 is 40.6 Å². The number of carboxylic acid groups (broad SMARTS) is 1. The van der Waals surface area contributed by atoms with Gasteiger partial charge >= 0.3 is 5.97 Å². The van der Waals surface area contributed by atoms with Gasteiger partial charge in [-0.2, -0.15) is 0 Å². The van der Waals surface area contributed by atoms with E-state index in [9.17, 15) is 14.0 Å². The lowest BCUT2D eigenvalue weighted by atomic mass is 10.2. The molecule has 6 nitrogen and oxygen atoms in total. The summed E-state index contributed by atoms with van der Waals surface area (Å²) in [7, 11) is 0. The molecule has 0 atom stereocenters. The second-order valence-corrected chi connectivity index (χ2v) is 6.22. The fourth-order valence-electron chi connectivity index (χ4n) is 2.12. The van der Waals surface area contributed by atoms with Crippen LogP contribution in [0.5, 0.6) is 5.75 Å². The Bertz CT molecular complexity index is 927. The number of hydrogen-bond acceptors (Lipinski definition) is 5. The number of amides is 1. The number of ether oxygens (including phenoxy) is 1. The summed E-state index contributed by atoms with van der Waals surface area (Å²) >= 11 is 1.09. The van der Waals surface area contributed by atoms with E-state index in [1.54, 1.807) is 42.5 Å². The van der Waals surface area contributed by atoms with E-state index in [0.29, 0.717) is 16.2 Å². The third-order valence-electron chi connectivity index (χ3n) is 3.24. The normalized spacial score (nSPS) is 16.7. The molecule has 2 N–H and O–H groups in total. The first-order chi connectivity index (χ1) is 12.5. The van der Waals surface area contributed by atoms with Crippen molar-refractivity contribution in [1.29, 1.82) is 0 Å². The number of benzene rings is 2. The smallest absolute Gasteiger partial charge is 0.341 e. The van der Waals surface area contributed by atoms with Crippen molar-refractivity contribution < 1.29 is 23.8 Å². The molecule has 8 heteroatoms. The minimum Gasteiger partial charge on any atom is -0.482 e. The molecule has 0 unspecified atom stereocenters. The van der Waals surface area contributed by atoms with E-state index in [1.165, 1.54) is 12.1 Å². The van der Waals surface area contributed by atoms with Crippen molar-refractivity contribution in [1.82, 2.24) is 5.32 Å². The second-order valence-electron chi connectivity index (χ2n) is 5.19. The van der Waals surface area contributed by atoms with Gasteiger partial charge in [0.15, 0.2) is 11.8 Å². The maximum absolute atomic E-state index is 13.7.